The van der Waals surface area contributed by atoms with Crippen molar-refractivity contribution in [3.05, 3.63) is 89.5 Å². The van der Waals surface area contributed by atoms with Crippen molar-refractivity contribution in [1.82, 2.24) is 4.90 Å². The Balaban J connectivity index is 1.72. The number of imide groups is 1. The number of carbonyl (C=O) groups excluding carboxylic acids is 3. The molecule has 4 rings (SSSR count). The largest absolute Gasteiger partial charge is 0.467 e. The summed E-state index contributed by atoms with van der Waals surface area (Å²) in [7, 11) is 0. The molecule has 0 spiro atoms. The Morgan fingerprint density at radius 1 is 0.968 bits per heavy atom. The standard InChI is InChI=1S/C24H21N3O4/c1-15-5-3-6-19(13-15)26-22-21(17-8-10-18(11-9-17)25-16(2)28)23(29)27(24(22)30)14-20-7-4-12-31-20/h3-13,26H,14H2,1-2H3,(H,25,28). The van der Waals surface area contributed by atoms with Gasteiger partial charge in [0.15, 0.2) is 0 Å². The average Bonchev–Trinajstić information content (AvgIpc) is 3.32. The van der Waals surface area contributed by atoms with Crippen LogP contribution in [0.25, 0.3) is 5.57 Å². The zero-order valence-electron chi connectivity index (χ0n) is 17.1. The zero-order valence-corrected chi connectivity index (χ0v) is 17.1. The van der Waals surface area contributed by atoms with Crippen molar-refractivity contribution in [2.24, 2.45) is 0 Å². The van der Waals surface area contributed by atoms with E-state index < -0.39 is 11.8 Å². The number of hydrogen-bond donors (Lipinski definition) is 2. The van der Waals surface area contributed by atoms with E-state index in [0.29, 0.717) is 22.7 Å². The molecule has 0 bridgehead atoms. The Kier molecular flexibility index (Phi) is 5.41. The molecule has 0 atom stereocenters. The molecule has 156 valence electrons. The monoisotopic (exact) mass is 415 g/mol. The highest BCUT2D eigenvalue weighted by molar-refractivity contribution is 6.36. The highest BCUT2D eigenvalue weighted by Gasteiger charge is 2.39. The molecule has 3 amide bonds. The summed E-state index contributed by atoms with van der Waals surface area (Å²) in [4.78, 5) is 38.9. The summed E-state index contributed by atoms with van der Waals surface area (Å²) >= 11 is 0. The van der Waals surface area contributed by atoms with Gasteiger partial charge in [-0.3, -0.25) is 19.3 Å². The van der Waals surface area contributed by atoms with Crippen LogP contribution in [-0.2, 0) is 20.9 Å². The summed E-state index contributed by atoms with van der Waals surface area (Å²) in [6.45, 7) is 3.41. The molecule has 1 aliphatic rings. The third kappa shape index (κ3) is 4.25. The maximum atomic E-state index is 13.3. The van der Waals surface area contributed by atoms with Crippen molar-refractivity contribution < 1.29 is 18.8 Å². The summed E-state index contributed by atoms with van der Waals surface area (Å²) in [6, 6.07) is 17.8. The molecule has 7 nitrogen and oxygen atoms in total. The average molecular weight is 415 g/mol. The van der Waals surface area contributed by atoms with Crippen LogP contribution in [0.4, 0.5) is 11.4 Å². The van der Waals surface area contributed by atoms with Crippen molar-refractivity contribution >= 4 is 34.7 Å². The quantitative estimate of drug-likeness (QED) is 0.595. The number of furan rings is 1. The van der Waals surface area contributed by atoms with Gasteiger partial charge in [0.1, 0.15) is 11.5 Å². The summed E-state index contributed by atoms with van der Waals surface area (Å²) in [5, 5.41) is 5.83. The van der Waals surface area contributed by atoms with Gasteiger partial charge >= 0.3 is 0 Å². The van der Waals surface area contributed by atoms with Gasteiger partial charge in [-0.15, -0.1) is 0 Å². The first kappa shape index (κ1) is 20.2. The van der Waals surface area contributed by atoms with Gasteiger partial charge in [0.25, 0.3) is 11.8 Å². The first-order valence-electron chi connectivity index (χ1n) is 9.77. The minimum Gasteiger partial charge on any atom is -0.467 e. The molecule has 0 fully saturated rings. The van der Waals surface area contributed by atoms with Crippen LogP contribution in [0.2, 0.25) is 0 Å². The second-order valence-electron chi connectivity index (χ2n) is 7.28. The molecule has 0 unspecified atom stereocenters. The maximum absolute atomic E-state index is 13.3. The molecule has 2 heterocycles. The molecule has 2 N–H and O–H groups in total. The van der Waals surface area contributed by atoms with Gasteiger partial charge in [-0.25, -0.2) is 0 Å². The van der Waals surface area contributed by atoms with Gasteiger partial charge in [0.2, 0.25) is 5.91 Å². The third-order valence-electron chi connectivity index (χ3n) is 4.84. The molecule has 7 heteroatoms. The number of nitrogens with zero attached hydrogens (tertiary/aromatic N) is 1. The first-order chi connectivity index (χ1) is 14.9. The Hall–Kier alpha value is -4.13. The van der Waals surface area contributed by atoms with E-state index in [4.69, 9.17) is 4.42 Å². The van der Waals surface area contributed by atoms with Crippen LogP contribution in [-0.4, -0.2) is 22.6 Å². The minimum absolute atomic E-state index is 0.0388. The fraction of sp³-hybridized carbons (Fsp3) is 0.125. The molecular weight excluding hydrogens is 394 g/mol. The molecule has 1 aliphatic heterocycles. The minimum atomic E-state index is -0.427. The second-order valence-corrected chi connectivity index (χ2v) is 7.28. The maximum Gasteiger partial charge on any atom is 0.278 e. The van der Waals surface area contributed by atoms with E-state index in [-0.39, 0.29) is 23.7 Å². The fourth-order valence-electron chi connectivity index (χ4n) is 3.45. The van der Waals surface area contributed by atoms with Crippen molar-refractivity contribution in [3.8, 4) is 0 Å². The van der Waals surface area contributed by atoms with Gasteiger partial charge in [-0.1, -0.05) is 24.3 Å². The molecule has 2 aromatic carbocycles. The molecular formula is C24H21N3O4. The third-order valence-corrected chi connectivity index (χ3v) is 4.84. The number of amides is 3. The normalized spacial score (nSPS) is 13.7. The molecule has 0 saturated heterocycles. The second kappa shape index (κ2) is 8.31. The molecule has 0 radical (unpaired) electrons. The Morgan fingerprint density at radius 2 is 1.74 bits per heavy atom. The lowest BCUT2D eigenvalue weighted by molar-refractivity contribution is -0.137. The lowest BCUT2D eigenvalue weighted by Gasteiger charge is -2.13. The molecule has 0 aliphatic carbocycles. The predicted octanol–water partition coefficient (Wildman–Crippen LogP) is 3.94. The van der Waals surface area contributed by atoms with E-state index in [1.165, 1.54) is 13.2 Å². The highest BCUT2D eigenvalue weighted by atomic mass is 16.3. The molecule has 0 saturated carbocycles. The van der Waals surface area contributed by atoms with Crippen molar-refractivity contribution in [2.45, 2.75) is 20.4 Å². The number of aryl methyl sites for hydroxylation is 1. The Morgan fingerprint density at radius 3 is 2.39 bits per heavy atom. The van der Waals surface area contributed by atoms with Crippen LogP contribution in [0.1, 0.15) is 23.8 Å². The van der Waals surface area contributed by atoms with E-state index >= 15 is 0 Å². The molecule has 1 aromatic heterocycles. The van der Waals surface area contributed by atoms with Crippen LogP contribution in [0.15, 0.2) is 77.0 Å². The fourth-order valence-corrected chi connectivity index (χ4v) is 3.45. The van der Waals surface area contributed by atoms with Crippen molar-refractivity contribution in [2.75, 3.05) is 10.6 Å². The van der Waals surface area contributed by atoms with E-state index in [2.05, 4.69) is 10.6 Å². The van der Waals surface area contributed by atoms with Gasteiger partial charge < -0.3 is 15.1 Å². The zero-order chi connectivity index (χ0) is 22.0. The van der Waals surface area contributed by atoms with Gasteiger partial charge in [0.05, 0.1) is 18.4 Å². The van der Waals surface area contributed by atoms with Crippen LogP contribution in [0.3, 0.4) is 0 Å². The Bertz CT molecular complexity index is 1180. The smallest absolute Gasteiger partial charge is 0.278 e. The summed E-state index contributed by atoms with van der Waals surface area (Å²) in [5.41, 5.74) is 3.39. The number of hydrogen-bond acceptors (Lipinski definition) is 5. The summed E-state index contributed by atoms with van der Waals surface area (Å²) in [6.07, 6.45) is 1.50. The van der Waals surface area contributed by atoms with Crippen molar-refractivity contribution in [1.29, 1.82) is 0 Å². The number of carbonyl (C=O) groups is 3. The van der Waals surface area contributed by atoms with E-state index in [1.807, 2.05) is 31.2 Å². The summed E-state index contributed by atoms with van der Waals surface area (Å²) in [5.74, 6) is -0.517. The van der Waals surface area contributed by atoms with E-state index in [9.17, 15) is 14.4 Å². The van der Waals surface area contributed by atoms with Gasteiger partial charge in [-0.2, -0.15) is 0 Å². The Labute approximate surface area is 179 Å². The number of rotatable bonds is 6. The van der Waals surface area contributed by atoms with Gasteiger partial charge in [-0.05, 0) is 54.4 Å². The van der Waals surface area contributed by atoms with Crippen molar-refractivity contribution in [3.63, 3.8) is 0 Å². The first-order valence-corrected chi connectivity index (χ1v) is 9.77. The highest BCUT2D eigenvalue weighted by Crippen LogP contribution is 2.32. The topological polar surface area (TPSA) is 91.7 Å². The lowest BCUT2D eigenvalue weighted by Crippen LogP contribution is -2.31. The lowest BCUT2D eigenvalue weighted by atomic mass is 10.0. The van der Waals surface area contributed by atoms with Crippen LogP contribution in [0, 0.1) is 6.92 Å². The van der Waals surface area contributed by atoms with E-state index in [0.717, 1.165) is 10.5 Å². The van der Waals surface area contributed by atoms with Crippen LogP contribution < -0.4 is 10.6 Å². The van der Waals surface area contributed by atoms with Gasteiger partial charge in [0, 0.05) is 18.3 Å². The summed E-state index contributed by atoms with van der Waals surface area (Å²) < 4.78 is 5.33. The molecule has 3 aromatic rings. The van der Waals surface area contributed by atoms with E-state index in [1.54, 1.807) is 36.4 Å². The molecule has 31 heavy (non-hydrogen) atoms. The number of anilines is 2. The predicted molar refractivity (Wildman–Crippen MR) is 117 cm³/mol. The van der Waals surface area contributed by atoms with Crippen LogP contribution >= 0.6 is 0 Å². The number of nitrogens with one attached hydrogen (secondary N) is 2. The van der Waals surface area contributed by atoms with Crippen LogP contribution in [0.5, 0.6) is 0 Å². The number of benzene rings is 2. The SMILES string of the molecule is CC(=O)Nc1ccc(C2=C(Nc3cccc(C)c3)C(=O)N(Cc3ccco3)C2=O)cc1.